The standard InChI is InChI=1S/C19H15BrN2O5/c20-9-6-7-12(23)11(8-9)15-13-14(16(21-15)19(26)27)18(25)22(17(13)24)10-4-2-1-3-5-10/h1-8,13-16,21,23H,(H,26,27)/t13-,14+,15-,16-/m1/s1. The zero-order valence-electron chi connectivity index (χ0n) is 13.9. The van der Waals surface area contributed by atoms with E-state index in [-0.39, 0.29) is 5.75 Å². The van der Waals surface area contributed by atoms with Crippen LogP contribution in [0.15, 0.2) is 53.0 Å². The molecule has 7 nitrogen and oxygen atoms in total. The number of carbonyl (C=O) groups excluding carboxylic acids is 2. The van der Waals surface area contributed by atoms with Gasteiger partial charge in [-0.25, -0.2) is 4.90 Å². The molecule has 0 radical (unpaired) electrons. The van der Waals surface area contributed by atoms with Crippen molar-refractivity contribution in [1.82, 2.24) is 5.32 Å². The molecule has 27 heavy (non-hydrogen) atoms. The van der Waals surface area contributed by atoms with Crippen LogP contribution in [0, 0.1) is 11.8 Å². The highest BCUT2D eigenvalue weighted by Crippen LogP contribution is 2.47. The van der Waals surface area contributed by atoms with Crippen molar-refractivity contribution in [3.63, 3.8) is 0 Å². The number of carboxylic acids is 1. The Balaban J connectivity index is 1.81. The molecule has 2 amide bonds. The molecule has 0 spiro atoms. The lowest BCUT2D eigenvalue weighted by atomic mass is 9.86. The Kier molecular flexibility index (Phi) is 4.24. The largest absolute Gasteiger partial charge is 0.508 e. The minimum absolute atomic E-state index is 0.0705. The number of aliphatic carboxylic acids is 1. The quantitative estimate of drug-likeness (QED) is 0.643. The maximum Gasteiger partial charge on any atom is 0.321 e. The lowest BCUT2D eigenvalue weighted by Gasteiger charge is -2.22. The summed E-state index contributed by atoms with van der Waals surface area (Å²) in [5.74, 6) is -4.26. The molecule has 138 valence electrons. The van der Waals surface area contributed by atoms with Gasteiger partial charge >= 0.3 is 5.97 Å². The Morgan fingerprint density at radius 3 is 2.37 bits per heavy atom. The lowest BCUT2D eigenvalue weighted by molar-refractivity contribution is -0.142. The maximum atomic E-state index is 13.1. The monoisotopic (exact) mass is 430 g/mol. The smallest absolute Gasteiger partial charge is 0.321 e. The summed E-state index contributed by atoms with van der Waals surface area (Å²) < 4.78 is 0.670. The molecule has 4 rings (SSSR count). The van der Waals surface area contributed by atoms with Gasteiger partial charge in [0.25, 0.3) is 0 Å². The van der Waals surface area contributed by atoms with E-state index in [4.69, 9.17) is 0 Å². The highest BCUT2D eigenvalue weighted by atomic mass is 79.9. The predicted octanol–water partition coefficient (Wildman–Crippen LogP) is 2.06. The van der Waals surface area contributed by atoms with Crippen LogP contribution in [-0.4, -0.2) is 34.0 Å². The van der Waals surface area contributed by atoms with Crippen LogP contribution in [0.4, 0.5) is 5.69 Å². The summed E-state index contributed by atoms with van der Waals surface area (Å²) in [7, 11) is 0. The minimum atomic E-state index is -1.22. The van der Waals surface area contributed by atoms with Crippen molar-refractivity contribution in [1.29, 1.82) is 0 Å². The first-order chi connectivity index (χ1) is 12.9. The molecule has 2 aromatic rings. The van der Waals surface area contributed by atoms with Crippen LogP contribution in [0.2, 0.25) is 0 Å². The molecule has 3 N–H and O–H groups in total. The number of rotatable bonds is 3. The average Bonchev–Trinajstić information content (AvgIpc) is 3.15. The van der Waals surface area contributed by atoms with Crippen LogP contribution in [0.1, 0.15) is 11.6 Å². The number of aromatic hydroxyl groups is 1. The van der Waals surface area contributed by atoms with Crippen molar-refractivity contribution >= 4 is 39.4 Å². The second-order valence-electron chi connectivity index (χ2n) is 6.56. The molecular weight excluding hydrogens is 416 g/mol. The number of carboxylic acid groups (broad SMARTS) is 1. The van der Waals surface area contributed by atoms with Gasteiger partial charge in [0.1, 0.15) is 11.8 Å². The predicted molar refractivity (Wildman–Crippen MR) is 99.0 cm³/mol. The van der Waals surface area contributed by atoms with Crippen molar-refractivity contribution in [3.8, 4) is 5.75 Å². The molecule has 2 heterocycles. The number of anilines is 1. The maximum absolute atomic E-state index is 13.1. The van der Waals surface area contributed by atoms with Gasteiger partial charge in [-0.15, -0.1) is 0 Å². The Bertz CT molecular complexity index is 948. The molecule has 2 saturated heterocycles. The van der Waals surface area contributed by atoms with Gasteiger partial charge in [0.2, 0.25) is 11.8 Å². The van der Waals surface area contributed by atoms with Crippen LogP contribution in [0.5, 0.6) is 5.75 Å². The SMILES string of the molecule is O=C(O)[C@@H]1N[C@H](c2cc(Br)ccc2O)[C@@H]2C(=O)N(c3ccccc3)C(=O)[C@@H]21. The number of fused-ring (bicyclic) bond motifs is 1. The van der Waals surface area contributed by atoms with E-state index in [2.05, 4.69) is 21.2 Å². The number of carbonyl (C=O) groups is 3. The summed E-state index contributed by atoms with van der Waals surface area (Å²) >= 11 is 3.32. The minimum Gasteiger partial charge on any atom is -0.508 e. The fourth-order valence-corrected chi connectivity index (χ4v) is 4.31. The molecule has 0 aliphatic carbocycles. The zero-order chi connectivity index (χ0) is 19.3. The first-order valence-corrected chi connectivity index (χ1v) is 9.09. The van der Waals surface area contributed by atoms with E-state index in [0.717, 1.165) is 4.90 Å². The first-order valence-electron chi connectivity index (χ1n) is 8.30. The first kappa shape index (κ1) is 17.7. The Hall–Kier alpha value is -2.71. The van der Waals surface area contributed by atoms with Crippen LogP contribution in [0.25, 0.3) is 0 Å². The molecule has 2 aliphatic heterocycles. The average molecular weight is 431 g/mol. The Morgan fingerprint density at radius 1 is 1.04 bits per heavy atom. The number of amides is 2. The second-order valence-corrected chi connectivity index (χ2v) is 7.48. The van der Waals surface area contributed by atoms with Crippen molar-refractivity contribution < 1.29 is 24.6 Å². The van der Waals surface area contributed by atoms with Gasteiger partial charge in [0.15, 0.2) is 0 Å². The van der Waals surface area contributed by atoms with E-state index < -0.39 is 41.7 Å². The third-order valence-corrected chi connectivity index (χ3v) is 5.57. The number of nitrogens with zero attached hydrogens (tertiary/aromatic N) is 1. The Morgan fingerprint density at radius 2 is 1.70 bits per heavy atom. The number of hydrogen-bond acceptors (Lipinski definition) is 5. The van der Waals surface area contributed by atoms with Gasteiger partial charge in [-0.1, -0.05) is 34.1 Å². The van der Waals surface area contributed by atoms with Crippen LogP contribution >= 0.6 is 15.9 Å². The lowest BCUT2D eigenvalue weighted by Crippen LogP contribution is -2.43. The fourth-order valence-electron chi connectivity index (χ4n) is 3.93. The fraction of sp³-hybridized carbons (Fsp3) is 0.211. The van der Waals surface area contributed by atoms with Gasteiger partial charge in [-0.2, -0.15) is 0 Å². The van der Waals surface area contributed by atoms with Crippen LogP contribution in [-0.2, 0) is 14.4 Å². The molecule has 2 aromatic carbocycles. The van der Waals surface area contributed by atoms with Gasteiger partial charge in [-0.3, -0.25) is 19.7 Å². The summed E-state index contributed by atoms with van der Waals surface area (Å²) in [5.41, 5.74) is 0.780. The van der Waals surface area contributed by atoms with E-state index in [1.807, 2.05) is 0 Å². The van der Waals surface area contributed by atoms with Crippen molar-refractivity contribution in [2.75, 3.05) is 4.90 Å². The molecule has 2 fully saturated rings. The third-order valence-electron chi connectivity index (χ3n) is 5.08. The van der Waals surface area contributed by atoms with Crippen LogP contribution < -0.4 is 10.2 Å². The van der Waals surface area contributed by atoms with E-state index in [1.54, 1.807) is 42.5 Å². The van der Waals surface area contributed by atoms with E-state index >= 15 is 0 Å². The van der Waals surface area contributed by atoms with Crippen molar-refractivity contribution in [3.05, 3.63) is 58.6 Å². The number of benzene rings is 2. The molecule has 2 aliphatic rings. The number of phenolic OH excluding ortho intramolecular Hbond substituents is 1. The van der Waals surface area contributed by atoms with Gasteiger partial charge in [-0.05, 0) is 30.3 Å². The van der Waals surface area contributed by atoms with Gasteiger partial charge < -0.3 is 10.2 Å². The number of phenols is 1. The Labute approximate surface area is 162 Å². The summed E-state index contributed by atoms with van der Waals surface area (Å²) in [6.45, 7) is 0. The van der Waals surface area contributed by atoms with Gasteiger partial charge in [0.05, 0.1) is 17.5 Å². The zero-order valence-corrected chi connectivity index (χ0v) is 15.5. The highest BCUT2D eigenvalue weighted by Gasteiger charge is 2.61. The summed E-state index contributed by atoms with van der Waals surface area (Å²) in [5, 5.41) is 22.7. The molecule has 0 bridgehead atoms. The van der Waals surface area contributed by atoms with E-state index in [1.165, 1.54) is 6.07 Å². The van der Waals surface area contributed by atoms with E-state index in [9.17, 15) is 24.6 Å². The topological polar surface area (TPSA) is 107 Å². The number of para-hydroxylation sites is 1. The summed E-state index contributed by atoms with van der Waals surface area (Å²) in [6, 6.07) is 11.1. The number of nitrogens with one attached hydrogen (secondary N) is 1. The van der Waals surface area contributed by atoms with Gasteiger partial charge in [0, 0.05) is 16.1 Å². The molecule has 0 saturated carbocycles. The van der Waals surface area contributed by atoms with E-state index in [0.29, 0.717) is 15.7 Å². The molecule has 8 heteroatoms. The molecule has 4 atom stereocenters. The van der Waals surface area contributed by atoms with Crippen LogP contribution in [0.3, 0.4) is 0 Å². The number of hydrogen-bond donors (Lipinski definition) is 3. The normalized spacial score (nSPS) is 27.1. The second kappa shape index (κ2) is 6.47. The summed E-state index contributed by atoms with van der Waals surface area (Å²) in [6.07, 6.45) is 0. The molecular formula is C19H15BrN2O5. The molecule has 0 aromatic heterocycles. The summed E-state index contributed by atoms with van der Waals surface area (Å²) in [4.78, 5) is 38.9. The van der Waals surface area contributed by atoms with Crippen molar-refractivity contribution in [2.45, 2.75) is 12.1 Å². The highest BCUT2D eigenvalue weighted by molar-refractivity contribution is 9.10. The molecule has 0 unspecified atom stereocenters. The number of imide groups is 1. The van der Waals surface area contributed by atoms with Crippen molar-refractivity contribution in [2.24, 2.45) is 11.8 Å². The third kappa shape index (κ3) is 2.72. The number of halogens is 1.